The molecule has 2 heterocycles. The highest BCUT2D eigenvalue weighted by Crippen LogP contribution is 2.39. The van der Waals surface area contributed by atoms with Gasteiger partial charge in [-0.3, -0.25) is 4.90 Å². The molecule has 1 saturated heterocycles. The van der Waals surface area contributed by atoms with Crippen LogP contribution in [0.1, 0.15) is 38.1 Å². The number of rotatable bonds is 4. The van der Waals surface area contributed by atoms with Gasteiger partial charge in [-0.1, -0.05) is 0 Å². The fourth-order valence-electron chi connectivity index (χ4n) is 2.96. The highest BCUT2D eigenvalue weighted by molar-refractivity contribution is 7.09. The molecule has 1 unspecified atom stereocenters. The molecular formula is C13H21N3S. The molecule has 0 radical (unpaired) electrons. The smallest absolute Gasteiger partial charge is 0.114 e. The lowest BCUT2D eigenvalue weighted by atomic mass is 9.98. The molecule has 4 heteroatoms. The van der Waals surface area contributed by atoms with Crippen molar-refractivity contribution >= 4 is 11.3 Å². The molecule has 3 rings (SSSR count). The first-order valence-corrected chi connectivity index (χ1v) is 7.49. The van der Waals surface area contributed by atoms with Gasteiger partial charge in [-0.05, 0) is 33.1 Å². The second-order valence-corrected chi connectivity index (χ2v) is 6.56. The van der Waals surface area contributed by atoms with Gasteiger partial charge in [-0.2, -0.15) is 0 Å². The van der Waals surface area contributed by atoms with Crippen LogP contribution < -0.4 is 5.32 Å². The van der Waals surface area contributed by atoms with Crippen molar-refractivity contribution in [2.75, 3.05) is 13.1 Å². The van der Waals surface area contributed by atoms with Crippen LogP contribution in [0.4, 0.5) is 0 Å². The Balaban J connectivity index is 1.82. The van der Waals surface area contributed by atoms with Crippen molar-refractivity contribution in [3.8, 4) is 0 Å². The van der Waals surface area contributed by atoms with E-state index in [0.717, 1.165) is 12.6 Å². The molecule has 0 aromatic carbocycles. The minimum absolute atomic E-state index is 0.116. The molecule has 1 N–H and O–H groups in total. The van der Waals surface area contributed by atoms with Crippen molar-refractivity contribution in [3.05, 3.63) is 16.6 Å². The molecule has 0 bridgehead atoms. The summed E-state index contributed by atoms with van der Waals surface area (Å²) in [4.78, 5) is 7.22. The number of hydrogen-bond donors (Lipinski definition) is 1. The van der Waals surface area contributed by atoms with Crippen molar-refractivity contribution in [2.45, 2.75) is 50.7 Å². The molecule has 1 atom stereocenters. The summed E-state index contributed by atoms with van der Waals surface area (Å²) in [6.45, 7) is 6.83. The lowest BCUT2D eigenvalue weighted by Gasteiger charge is -2.31. The highest BCUT2D eigenvalue weighted by atomic mass is 32.1. The van der Waals surface area contributed by atoms with E-state index >= 15 is 0 Å². The summed E-state index contributed by atoms with van der Waals surface area (Å²) in [6, 6.07) is 1.38. The fourth-order valence-corrected chi connectivity index (χ4v) is 3.78. The van der Waals surface area contributed by atoms with E-state index in [9.17, 15) is 0 Å². The van der Waals surface area contributed by atoms with Crippen LogP contribution in [0.15, 0.2) is 11.6 Å². The second-order valence-electron chi connectivity index (χ2n) is 5.67. The lowest BCUT2D eigenvalue weighted by Crippen LogP contribution is -2.48. The Morgan fingerprint density at radius 1 is 1.53 bits per heavy atom. The average molecular weight is 251 g/mol. The van der Waals surface area contributed by atoms with Gasteiger partial charge in [0.2, 0.25) is 0 Å². The average Bonchev–Trinajstić information content (AvgIpc) is 2.82. The molecule has 94 valence electrons. The maximum atomic E-state index is 4.57. The first-order chi connectivity index (χ1) is 8.20. The number of likely N-dealkylation sites (tertiary alicyclic amines) is 1. The Morgan fingerprint density at radius 3 is 2.94 bits per heavy atom. The minimum Gasteiger partial charge on any atom is -0.302 e. The van der Waals surface area contributed by atoms with Crippen LogP contribution in [0, 0.1) is 0 Å². The standard InChI is InChI=1S/C13H21N3S/c1-10(2)15-13(12-14-6-8-17-12)5-7-16(9-13)11-3-4-11/h6,8,10-11,15H,3-5,7,9H2,1-2H3. The highest BCUT2D eigenvalue weighted by Gasteiger charge is 2.45. The summed E-state index contributed by atoms with van der Waals surface area (Å²) in [7, 11) is 0. The third-order valence-electron chi connectivity index (χ3n) is 3.77. The van der Waals surface area contributed by atoms with Crippen LogP contribution in [0.3, 0.4) is 0 Å². The Morgan fingerprint density at radius 2 is 2.35 bits per heavy atom. The number of aromatic nitrogens is 1. The summed E-state index contributed by atoms with van der Waals surface area (Å²) in [5.41, 5.74) is 0.116. The molecule has 0 spiro atoms. The van der Waals surface area contributed by atoms with Crippen LogP contribution in [0.5, 0.6) is 0 Å². The van der Waals surface area contributed by atoms with Gasteiger partial charge in [0, 0.05) is 36.8 Å². The van der Waals surface area contributed by atoms with Gasteiger partial charge in [-0.25, -0.2) is 4.98 Å². The topological polar surface area (TPSA) is 28.2 Å². The molecular weight excluding hydrogens is 230 g/mol. The molecule has 0 amide bonds. The Bertz CT molecular complexity index is 372. The molecule has 1 aromatic heterocycles. The molecule has 1 aliphatic heterocycles. The molecule has 2 fully saturated rings. The van der Waals surface area contributed by atoms with Gasteiger partial charge in [0.25, 0.3) is 0 Å². The maximum absolute atomic E-state index is 4.57. The van der Waals surface area contributed by atoms with Gasteiger partial charge >= 0.3 is 0 Å². The molecule has 3 nitrogen and oxygen atoms in total. The van der Waals surface area contributed by atoms with Gasteiger partial charge in [0.15, 0.2) is 0 Å². The SMILES string of the molecule is CC(C)NC1(c2nccs2)CCN(C2CC2)C1. The molecule has 2 aliphatic rings. The fraction of sp³-hybridized carbons (Fsp3) is 0.769. The predicted octanol–water partition coefficient (Wildman–Crippen LogP) is 2.20. The number of nitrogens with one attached hydrogen (secondary N) is 1. The quantitative estimate of drug-likeness (QED) is 0.889. The molecule has 1 aromatic rings. The lowest BCUT2D eigenvalue weighted by molar-refractivity contribution is 0.262. The van der Waals surface area contributed by atoms with Crippen molar-refractivity contribution in [2.24, 2.45) is 0 Å². The van der Waals surface area contributed by atoms with E-state index in [1.807, 2.05) is 6.20 Å². The second kappa shape index (κ2) is 4.34. The van der Waals surface area contributed by atoms with Crippen LogP contribution >= 0.6 is 11.3 Å². The molecule has 1 saturated carbocycles. The summed E-state index contributed by atoms with van der Waals surface area (Å²) in [6.07, 6.45) is 5.93. The van der Waals surface area contributed by atoms with E-state index in [4.69, 9.17) is 0 Å². The zero-order chi connectivity index (χ0) is 11.9. The maximum Gasteiger partial charge on any atom is 0.114 e. The van der Waals surface area contributed by atoms with E-state index in [2.05, 4.69) is 34.4 Å². The Hall–Kier alpha value is -0.450. The summed E-state index contributed by atoms with van der Waals surface area (Å²) in [5, 5.41) is 7.15. The van der Waals surface area contributed by atoms with Gasteiger partial charge in [0.1, 0.15) is 5.01 Å². The van der Waals surface area contributed by atoms with Crippen LogP contribution in [0.2, 0.25) is 0 Å². The Labute approximate surface area is 107 Å². The number of hydrogen-bond acceptors (Lipinski definition) is 4. The summed E-state index contributed by atoms with van der Waals surface area (Å²) < 4.78 is 0. The normalized spacial score (nSPS) is 30.3. The van der Waals surface area contributed by atoms with Gasteiger partial charge in [0.05, 0.1) is 5.54 Å². The van der Waals surface area contributed by atoms with Crippen molar-refractivity contribution in [1.82, 2.24) is 15.2 Å². The zero-order valence-corrected chi connectivity index (χ0v) is 11.5. The molecule has 1 aliphatic carbocycles. The van der Waals surface area contributed by atoms with E-state index in [1.165, 1.54) is 30.8 Å². The number of nitrogens with zero attached hydrogens (tertiary/aromatic N) is 2. The van der Waals surface area contributed by atoms with Crippen LogP contribution in [0.25, 0.3) is 0 Å². The summed E-state index contributed by atoms with van der Waals surface area (Å²) >= 11 is 1.79. The van der Waals surface area contributed by atoms with Gasteiger partial charge < -0.3 is 5.32 Å². The van der Waals surface area contributed by atoms with E-state index < -0.39 is 0 Å². The number of thiazole rings is 1. The Kier molecular flexibility index (Phi) is 2.97. The van der Waals surface area contributed by atoms with Crippen LogP contribution in [-0.4, -0.2) is 35.1 Å². The monoisotopic (exact) mass is 251 g/mol. The first kappa shape index (κ1) is 11.6. The van der Waals surface area contributed by atoms with E-state index in [1.54, 1.807) is 11.3 Å². The van der Waals surface area contributed by atoms with E-state index in [-0.39, 0.29) is 5.54 Å². The third-order valence-corrected chi connectivity index (χ3v) is 4.75. The molecule has 17 heavy (non-hydrogen) atoms. The first-order valence-electron chi connectivity index (χ1n) is 6.61. The predicted molar refractivity (Wildman–Crippen MR) is 71.3 cm³/mol. The zero-order valence-electron chi connectivity index (χ0n) is 10.6. The minimum atomic E-state index is 0.116. The van der Waals surface area contributed by atoms with Crippen molar-refractivity contribution < 1.29 is 0 Å². The van der Waals surface area contributed by atoms with Crippen LogP contribution in [-0.2, 0) is 5.54 Å². The van der Waals surface area contributed by atoms with Crippen molar-refractivity contribution in [3.63, 3.8) is 0 Å². The summed E-state index contributed by atoms with van der Waals surface area (Å²) in [5.74, 6) is 0. The van der Waals surface area contributed by atoms with Crippen molar-refractivity contribution in [1.29, 1.82) is 0 Å². The van der Waals surface area contributed by atoms with E-state index in [0.29, 0.717) is 6.04 Å². The third kappa shape index (κ3) is 2.26. The van der Waals surface area contributed by atoms with Gasteiger partial charge in [-0.15, -0.1) is 11.3 Å². The largest absolute Gasteiger partial charge is 0.302 e.